The van der Waals surface area contributed by atoms with Gasteiger partial charge in [0.15, 0.2) is 0 Å². The van der Waals surface area contributed by atoms with Crippen molar-refractivity contribution in [1.82, 2.24) is 4.72 Å². The smallest absolute Gasteiger partial charge is 0.238 e. The number of benzene rings is 2. The molecule has 5 heteroatoms. The van der Waals surface area contributed by atoms with E-state index < -0.39 is 0 Å². The van der Waals surface area contributed by atoms with Crippen LogP contribution in [0, 0.1) is 6.92 Å². The Kier molecular flexibility index (Phi) is 8.54. The number of nitrogens with one attached hydrogen (secondary N) is 2. The van der Waals surface area contributed by atoms with Gasteiger partial charge in [0.2, 0.25) is 5.91 Å². The molecular weight excluding hydrogens is 318 g/mol. The highest BCUT2D eigenvalue weighted by atomic mass is 32.2. The molecule has 2 aromatic rings. The summed E-state index contributed by atoms with van der Waals surface area (Å²) in [7, 11) is 0. The summed E-state index contributed by atoms with van der Waals surface area (Å²) in [6.45, 7) is 8.37. The number of rotatable bonds is 4. The molecule has 0 spiro atoms. The van der Waals surface area contributed by atoms with Gasteiger partial charge in [-0.2, -0.15) is 0 Å². The summed E-state index contributed by atoms with van der Waals surface area (Å²) in [5.41, 5.74) is 7.37. The molecule has 0 fully saturated rings. The molecule has 0 saturated heterocycles. The van der Waals surface area contributed by atoms with Crippen LogP contribution in [0.1, 0.15) is 26.3 Å². The lowest BCUT2D eigenvalue weighted by Crippen LogP contribution is -2.29. The van der Waals surface area contributed by atoms with Gasteiger partial charge in [0.1, 0.15) is 0 Å². The van der Waals surface area contributed by atoms with Gasteiger partial charge in [0, 0.05) is 16.1 Å². The maximum absolute atomic E-state index is 11.2. The fraction of sp³-hybridized carbons (Fsp3) is 0.316. The summed E-state index contributed by atoms with van der Waals surface area (Å²) in [5, 5.41) is 2.72. The van der Waals surface area contributed by atoms with Crippen LogP contribution in [-0.4, -0.2) is 18.0 Å². The SMILES string of the molecule is CC(C)(C)NSc1cccc(NC(=O)CN)c1.Cc1ccccc1. The number of hydrogen-bond donors (Lipinski definition) is 3. The lowest BCUT2D eigenvalue weighted by molar-refractivity contribution is -0.114. The second-order valence-corrected chi connectivity index (χ2v) is 7.27. The first-order chi connectivity index (χ1) is 11.3. The molecule has 1 amide bonds. The molecule has 0 heterocycles. The Balaban J connectivity index is 0.000000341. The summed E-state index contributed by atoms with van der Waals surface area (Å²) in [4.78, 5) is 12.2. The molecule has 4 N–H and O–H groups in total. The van der Waals surface area contributed by atoms with Gasteiger partial charge in [-0.1, -0.05) is 42.0 Å². The topological polar surface area (TPSA) is 67.1 Å². The van der Waals surface area contributed by atoms with Crippen molar-refractivity contribution in [3.05, 3.63) is 60.2 Å². The fourth-order valence-corrected chi connectivity index (χ4v) is 2.35. The van der Waals surface area contributed by atoms with E-state index in [4.69, 9.17) is 5.73 Å². The van der Waals surface area contributed by atoms with Crippen LogP contribution in [0.5, 0.6) is 0 Å². The molecule has 0 unspecified atom stereocenters. The van der Waals surface area contributed by atoms with Crippen LogP contribution in [0.3, 0.4) is 0 Å². The molecule has 0 atom stereocenters. The van der Waals surface area contributed by atoms with E-state index in [0.29, 0.717) is 0 Å². The number of carbonyl (C=O) groups is 1. The van der Waals surface area contributed by atoms with Crippen molar-refractivity contribution < 1.29 is 4.79 Å². The van der Waals surface area contributed by atoms with Crippen molar-refractivity contribution in [1.29, 1.82) is 0 Å². The molecule has 2 rings (SSSR count). The summed E-state index contributed by atoms with van der Waals surface area (Å²) in [6, 6.07) is 17.9. The zero-order valence-electron chi connectivity index (χ0n) is 14.8. The third-order valence-electron chi connectivity index (χ3n) is 2.72. The van der Waals surface area contributed by atoms with E-state index in [1.807, 2.05) is 42.5 Å². The zero-order chi connectivity index (χ0) is 18.0. The van der Waals surface area contributed by atoms with E-state index in [9.17, 15) is 4.79 Å². The largest absolute Gasteiger partial charge is 0.325 e. The highest BCUT2D eigenvalue weighted by Gasteiger charge is 2.09. The number of carbonyl (C=O) groups excluding carboxylic acids is 1. The first kappa shape index (κ1) is 20.2. The van der Waals surface area contributed by atoms with Gasteiger partial charge in [-0.3, -0.25) is 9.52 Å². The van der Waals surface area contributed by atoms with Crippen LogP contribution < -0.4 is 15.8 Å². The molecule has 0 aromatic heterocycles. The molecule has 0 saturated carbocycles. The highest BCUT2D eigenvalue weighted by Crippen LogP contribution is 2.21. The van der Waals surface area contributed by atoms with E-state index in [-0.39, 0.29) is 18.0 Å². The van der Waals surface area contributed by atoms with Gasteiger partial charge in [-0.15, -0.1) is 0 Å². The molecule has 0 aliphatic rings. The number of anilines is 1. The Bertz CT molecular complexity index is 624. The monoisotopic (exact) mass is 345 g/mol. The number of hydrogen-bond acceptors (Lipinski definition) is 4. The number of nitrogens with two attached hydrogens (primary N) is 1. The molecule has 0 aliphatic carbocycles. The van der Waals surface area contributed by atoms with Crippen LogP contribution in [0.25, 0.3) is 0 Å². The van der Waals surface area contributed by atoms with E-state index in [1.165, 1.54) is 5.56 Å². The van der Waals surface area contributed by atoms with Crippen molar-refractivity contribution in [2.75, 3.05) is 11.9 Å². The van der Waals surface area contributed by atoms with Crippen molar-refractivity contribution >= 4 is 23.5 Å². The molecular formula is C19H27N3OS. The average molecular weight is 346 g/mol. The van der Waals surface area contributed by atoms with E-state index >= 15 is 0 Å². The Morgan fingerprint density at radius 1 is 1.08 bits per heavy atom. The minimum absolute atomic E-state index is 0.00237. The first-order valence-electron chi connectivity index (χ1n) is 7.86. The van der Waals surface area contributed by atoms with Gasteiger partial charge >= 0.3 is 0 Å². The van der Waals surface area contributed by atoms with Crippen LogP contribution in [0.2, 0.25) is 0 Å². The summed E-state index contributed by atoms with van der Waals surface area (Å²) in [6.07, 6.45) is 0. The quantitative estimate of drug-likeness (QED) is 0.734. The summed E-state index contributed by atoms with van der Waals surface area (Å²) < 4.78 is 3.31. The predicted octanol–water partition coefficient (Wildman–Crippen LogP) is 3.97. The second kappa shape index (κ2) is 10.1. The maximum atomic E-state index is 11.2. The summed E-state index contributed by atoms with van der Waals surface area (Å²) in [5.74, 6) is -0.184. The maximum Gasteiger partial charge on any atom is 0.238 e. The number of amides is 1. The standard InChI is InChI=1S/C12H19N3OS.C7H8/c1-12(2,3)15-17-10-6-4-5-9(7-10)14-11(16)8-13;1-7-5-3-2-4-6-7/h4-7,15H,8,13H2,1-3H3,(H,14,16);2-6H,1H3. The third kappa shape index (κ3) is 9.35. The normalized spacial score (nSPS) is 10.5. The molecule has 2 aromatic carbocycles. The van der Waals surface area contributed by atoms with Crippen molar-refractivity contribution in [3.63, 3.8) is 0 Å². The van der Waals surface area contributed by atoms with E-state index in [2.05, 4.69) is 49.9 Å². The van der Waals surface area contributed by atoms with Gasteiger partial charge in [0.05, 0.1) is 6.54 Å². The molecule has 0 radical (unpaired) electrons. The number of aryl methyl sites for hydroxylation is 1. The van der Waals surface area contributed by atoms with Crippen molar-refractivity contribution in [2.45, 2.75) is 38.1 Å². The van der Waals surface area contributed by atoms with Crippen LogP contribution >= 0.6 is 11.9 Å². The van der Waals surface area contributed by atoms with Gasteiger partial charge in [-0.05, 0) is 57.8 Å². The van der Waals surface area contributed by atoms with Gasteiger partial charge in [-0.25, -0.2) is 0 Å². The highest BCUT2D eigenvalue weighted by molar-refractivity contribution is 7.97. The van der Waals surface area contributed by atoms with Gasteiger partial charge in [0.25, 0.3) is 0 Å². The minimum atomic E-state index is -0.184. The van der Waals surface area contributed by atoms with Crippen molar-refractivity contribution in [2.24, 2.45) is 5.73 Å². The average Bonchev–Trinajstić information content (AvgIpc) is 2.54. The van der Waals surface area contributed by atoms with E-state index in [1.54, 1.807) is 11.9 Å². The lowest BCUT2D eigenvalue weighted by atomic mass is 10.1. The molecule has 4 nitrogen and oxygen atoms in total. The Morgan fingerprint density at radius 3 is 2.25 bits per heavy atom. The molecule has 0 aliphatic heterocycles. The predicted molar refractivity (Wildman–Crippen MR) is 104 cm³/mol. The Labute approximate surface area is 149 Å². The van der Waals surface area contributed by atoms with Crippen LogP contribution in [0.15, 0.2) is 59.5 Å². The van der Waals surface area contributed by atoms with Crippen LogP contribution in [-0.2, 0) is 4.79 Å². The van der Waals surface area contributed by atoms with Crippen molar-refractivity contribution in [3.8, 4) is 0 Å². The first-order valence-corrected chi connectivity index (χ1v) is 8.67. The zero-order valence-corrected chi connectivity index (χ0v) is 15.6. The molecule has 130 valence electrons. The molecule has 0 bridgehead atoms. The Morgan fingerprint density at radius 2 is 1.75 bits per heavy atom. The fourth-order valence-electron chi connectivity index (χ4n) is 1.60. The second-order valence-electron chi connectivity index (χ2n) is 6.39. The lowest BCUT2D eigenvalue weighted by Gasteiger charge is -2.19. The van der Waals surface area contributed by atoms with Crippen LogP contribution in [0.4, 0.5) is 5.69 Å². The summed E-state index contributed by atoms with van der Waals surface area (Å²) >= 11 is 1.54. The van der Waals surface area contributed by atoms with E-state index in [0.717, 1.165) is 10.6 Å². The third-order valence-corrected chi connectivity index (χ3v) is 3.92. The van der Waals surface area contributed by atoms with Gasteiger partial charge < -0.3 is 11.1 Å². The Hall–Kier alpha value is -1.82. The molecule has 24 heavy (non-hydrogen) atoms. The minimum Gasteiger partial charge on any atom is -0.325 e.